The molecule has 0 unspecified atom stereocenters. The van der Waals surface area contributed by atoms with Crippen LogP contribution in [-0.4, -0.2) is 17.7 Å². The Labute approximate surface area is 220 Å². The van der Waals surface area contributed by atoms with E-state index in [0.29, 0.717) is 40.8 Å². The van der Waals surface area contributed by atoms with E-state index in [0.717, 1.165) is 21.3 Å². The van der Waals surface area contributed by atoms with Crippen LogP contribution in [0.25, 0.3) is 0 Å². The van der Waals surface area contributed by atoms with Crippen LogP contribution in [-0.2, 0) is 12.8 Å². The van der Waals surface area contributed by atoms with Crippen molar-refractivity contribution < 1.29 is 27.6 Å². The van der Waals surface area contributed by atoms with Crippen LogP contribution in [0.2, 0.25) is 0 Å². The van der Waals surface area contributed by atoms with Crippen LogP contribution in [0.3, 0.4) is 0 Å². The van der Waals surface area contributed by atoms with Gasteiger partial charge in [-0.2, -0.15) is 18.3 Å². The fourth-order valence-corrected chi connectivity index (χ4v) is 3.87. The van der Waals surface area contributed by atoms with Crippen molar-refractivity contribution >= 4 is 56.1 Å². The van der Waals surface area contributed by atoms with Gasteiger partial charge in [-0.15, -0.1) is 0 Å². The second kappa shape index (κ2) is 11.7. The molecule has 12 heteroatoms. The summed E-state index contributed by atoms with van der Waals surface area (Å²) < 4.78 is 52.0. The maximum atomic E-state index is 12.9. The van der Waals surface area contributed by atoms with Crippen molar-refractivity contribution in [2.45, 2.75) is 19.7 Å². The van der Waals surface area contributed by atoms with Crippen molar-refractivity contribution in [3.63, 3.8) is 0 Å². The Bertz CT molecular complexity index is 1240. The molecule has 0 heterocycles. The van der Waals surface area contributed by atoms with Crippen LogP contribution in [0.4, 0.5) is 24.5 Å². The van der Waals surface area contributed by atoms with Crippen molar-refractivity contribution in [2.75, 3.05) is 12.0 Å². The summed E-state index contributed by atoms with van der Waals surface area (Å²) in [5, 5.41) is 15.2. The Morgan fingerprint density at radius 2 is 1.86 bits per heavy atom. The normalized spacial score (nSPS) is 11.5. The number of alkyl halides is 3. The second-order valence-electron chi connectivity index (χ2n) is 7.03. The molecule has 0 radical (unpaired) electrons. The standard InChI is InChI=1S/C23H18BrF3IN3O4/c1-2-34-21-10-15(9-18(24)22(21)35-13-14-3-6-17(28)7-4-14)12-29-30-19-8-5-16(23(25,26)27)11-20(19)31(32)33/h3-12,30H,2,13H2,1H3/b29-12-. The number of rotatable bonds is 9. The van der Waals surface area contributed by atoms with Crippen LogP contribution < -0.4 is 14.9 Å². The summed E-state index contributed by atoms with van der Waals surface area (Å²) >= 11 is 5.68. The van der Waals surface area contributed by atoms with Gasteiger partial charge in [-0.3, -0.25) is 15.5 Å². The number of halogens is 5. The van der Waals surface area contributed by atoms with Crippen molar-refractivity contribution in [1.82, 2.24) is 0 Å². The number of nitrogens with one attached hydrogen (secondary N) is 1. The molecule has 7 nitrogen and oxygen atoms in total. The number of hydrogen-bond donors (Lipinski definition) is 1. The number of nitro benzene ring substituents is 1. The van der Waals surface area contributed by atoms with Gasteiger partial charge in [0.1, 0.15) is 12.3 Å². The van der Waals surface area contributed by atoms with Crippen molar-refractivity contribution in [2.24, 2.45) is 5.10 Å². The maximum Gasteiger partial charge on any atom is 0.416 e. The number of ether oxygens (including phenoxy) is 2. The molecule has 0 fully saturated rings. The lowest BCUT2D eigenvalue weighted by Gasteiger charge is -2.15. The zero-order chi connectivity index (χ0) is 25.6. The molecule has 0 aromatic heterocycles. The molecule has 0 aliphatic rings. The highest BCUT2D eigenvalue weighted by atomic mass is 127. The first kappa shape index (κ1) is 26.7. The molecule has 0 atom stereocenters. The van der Waals surface area contributed by atoms with Crippen molar-refractivity contribution in [1.29, 1.82) is 0 Å². The van der Waals surface area contributed by atoms with Gasteiger partial charge in [-0.05, 0) is 93.0 Å². The minimum absolute atomic E-state index is 0.180. The summed E-state index contributed by atoms with van der Waals surface area (Å²) in [6, 6.07) is 13.4. The average Bonchev–Trinajstić information content (AvgIpc) is 2.79. The van der Waals surface area contributed by atoms with Gasteiger partial charge in [0.2, 0.25) is 0 Å². The van der Waals surface area contributed by atoms with E-state index in [2.05, 4.69) is 49.0 Å². The molecule has 0 amide bonds. The zero-order valence-corrected chi connectivity index (χ0v) is 21.8. The third-order valence-corrected chi connectivity index (χ3v) is 5.86. The largest absolute Gasteiger partial charge is 0.490 e. The Morgan fingerprint density at radius 1 is 1.14 bits per heavy atom. The highest BCUT2D eigenvalue weighted by molar-refractivity contribution is 14.1. The molecule has 0 bridgehead atoms. The summed E-state index contributed by atoms with van der Waals surface area (Å²) in [5.41, 5.74) is 1.93. The molecule has 0 saturated heterocycles. The molecule has 0 saturated carbocycles. The quantitative estimate of drug-likeness (QED) is 0.112. The smallest absolute Gasteiger partial charge is 0.416 e. The SMILES string of the molecule is CCOc1cc(/C=N\Nc2ccc(C(F)(F)F)cc2[N+](=O)[O-])cc(Br)c1OCc1ccc(I)cc1. The fraction of sp³-hybridized carbons (Fsp3) is 0.174. The molecular weight excluding hydrogens is 646 g/mol. The fourth-order valence-electron chi connectivity index (χ4n) is 2.93. The molecule has 3 rings (SSSR count). The first-order chi connectivity index (χ1) is 16.6. The third-order valence-electron chi connectivity index (χ3n) is 4.55. The predicted octanol–water partition coefficient (Wildman–Crippen LogP) is 7.40. The minimum atomic E-state index is -4.70. The molecular formula is C23H18BrF3IN3O4. The zero-order valence-electron chi connectivity index (χ0n) is 18.1. The molecule has 1 N–H and O–H groups in total. The van der Waals surface area contributed by atoms with Crippen LogP contribution >= 0.6 is 38.5 Å². The third kappa shape index (κ3) is 7.31. The van der Waals surface area contributed by atoms with Crippen LogP contribution in [0.1, 0.15) is 23.6 Å². The van der Waals surface area contributed by atoms with E-state index < -0.39 is 22.4 Å². The lowest BCUT2D eigenvalue weighted by atomic mass is 10.1. The lowest BCUT2D eigenvalue weighted by Crippen LogP contribution is -2.06. The molecule has 0 spiro atoms. The van der Waals surface area contributed by atoms with Gasteiger partial charge in [0.25, 0.3) is 5.69 Å². The van der Waals surface area contributed by atoms with E-state index in [4.69, 9.17) is 9.47 Å². The Morgan fingerprint density at radius 3 is 2.49 bits per heavy atom. The number of hydrazone groups is 1. The van der Waals surface area contributed by atoms with Gasteiger partial charge in [-0.25, -0.2) is 0 Å². The summed E-state index contributed by atoms with van der Waals surface area (Å²) in [7, 11) is 0. The van der Waals surface area contributed by atoms with Crippen molar-refractivity contribution in [3.05, 3.63) is 89.4 Å². The summed E-state index contributed by atoms with van der Waals surface area (Å²) in [5.74, 6) is 0.947. The van der Waals surface area contributed by atoms with Gasteiger partial charge in [0.05, 0.1) is 27.8 Å². The number of nitro groups is 1. The highest BCUT2D eigenvalue weighted by Gasteiger charge is 2.33. The molecule has 0 aliphatic carbocycles. The van der Waals surface area contributed by atoms with Crippen LogP contribution in [0.15, 0.2) is 64.2 Å². The molecule has 0 aliphatic heterocycles. The molecule has 3 aromatic rings. The molecule has 184 valence electrons. The Hall–Kier alpha value is -2.87. The lowest BCUT2D eigenvalue weighted by molar-refractivity contribution is -0.384. The van der Waals surface area contributed by atoms with Crippen LogP contribution in [0.5, 0.6) is 11.5 Å². The summed E-state index contributed by atoms with van der Waals surface area (Å²) in [6.45, 7) is 2.52. The van der Waals surface area contributed by atoms with E-state index in [1.165, 1.54) is 6.21 Å². The Kier molecular flexibility index (Phi) is 8.94. The van der Waals surface area contributed by atoms with E-state index in [-0.39, 0.29) is 5.69 Å². The van der Waals surface area contributed by atoms with Gasteiger partial charge in [0.15, 0.2) is 11.5 Å². The van der Waals surface area contributed by atoms with Gasteiger partial charge < -0.3 is 9.47 Å². The number of anilines is 1. The summed E-state index contributed by atoms with van der Waals surface area (Å²) in [6.07, 6.45) is -3.34. The second-order valence-corrected chi connectivity index (χ2v) is 9.13. The predicted molar refractivity (Wildman–Crippen MR) is 138 cm³/mol. The van der Waals surface area contributed by atoms with Gasteiger partial charge in [0, 0.05) is 9.64 Å². The Balaban J connectivity index is 1.79. The van der Waals surface area contributed by atoms with E-state index >= 15 is 0 Å². The van der Waals surface area contributed by atoms with E-state index in [1.807, 2.05) is 31.2 Å². The topological polar surface area (TPSA) is 86.0 Å². The molecule has 3 aromatic carbocycles. The highest BCUT2D eigenvalue weighted by Crippen LogP contribution is 2.38. The maximum absolute atomic E-state index is 12.9. The van der Waals surface area contributed by atoms with Gasteiger partial charge in [-0.1, -0.05) is 12.1 Å². The minimum Gasteiger partial charge on any atom is -0.490 e. The van der Waals surface area contributed by atoms with Gasteiger partial charge >= 0.3 is 6.18 Å². The van der Waals surface area contributed by atoms with E-state index in [1.54, 1.807) is 12.1 Å². The molecule has 35 heavy (non-hydrogen) atoms. The van der Waals surface area contributed by atoms with Crippen LogP contribution in [0, 0.1) is 13.7 Å². The average molecular weight is 664 g/mol. The number of benzene rings is 3. The first-order valence-corrected chi connectivity index (χ1v) is 11.9. The first-order valence-electron chi connectivity index (χ1n) is 10.1. The number of hydrogen-bond acceptors (Lipinski definition) is 6. The summed E-state index contributed by atoms with van der Waals surface area (Å²) in [4.78, 5) is 10.3. The van der Waals surface area contributed by atoms with E-state index in [9.17, 15) is 23.3 Å². The monoisotopic (exact) mass is 663 g/mol. The van der Waals surface area contributed by atoms with Crippen molar-refractivity contribution in [3.8, 4) is 11.5 Å². The number of nitrogens with zero attached hydrogens (tertiary/aromatic N) is 2.